The van der Waals surface area contributed by atoms with Gasteiger partial charge in [0.2, 0.25) is 0 Å². The number of hydrogen-bond donors (Lipinski definition) is 1. The van der Waals surface area contributed by atoms with Gasteiger partial charge < -0.3 is 10.1 Å². The van der Waals surface area contributed by atoms with Crippen molar-refractivity contribution in [3.8, 4) is 10.6 Å². The van der Waals surface area contributed by atoms with E-state index in [9.17, 15) is 4.39 Å². The molecule has 0 saturated heterocycles. The van der Waals surface area contributed by atoms with Crippen molar-refractivity contribution in [2.75, 3.05) is 13.7 Å². The third-order valence-corrected chi connectivity index (χ3v) is 4.72. The Morgan fingerprint density at radius 1 is 1.43 bits per heavy atom. The van der Waals surface area contributed by atoms with Crippen LogP contribution >= 0.6 is 27.3 Å². The van der Waals surface area contributed by atoms with Crippen molar-refractivity contribution < 1.29 is 9.13 Å². The van der Waals surface area contributed by atoms with E-state index in [0.29, 0.717) is 21.7 Å². The molecule has 0 radical (unpaired) electrons. The molecule has 0 fully saturated rings. The van der Waals surface area contributed by atoms with Gasteiger partial charge in [-0.05, 0) is 41.0 Å². The Kier molecular flexibility index (Phi) is 6.29. The largest absolute Gasteiger partial charge is 0.378 e. The van der Waals surface area contributed by atoms with Gasteiger partial charge in [-0.2, -0.15) is 0 Å². The molecule has 2 aromatic rings. The van der Waals surface area contributed by atoms with Crippen LogP contribution < -0.4 is 5.32 Å². The first-order valence-electron chi connectivity index (χ1n) is 6.80. The van der Waals surface area contributed by atoms with Gasteiger partial charge >= 0.3 is 0 Å². The van der Waals surface area contributed by atoms with Crippen LogP contribution in [0.5, 0.6) is 0 Å². The quantitative estimate of drug-likeness (QED) is 0.733. The Bertz CT molecular complexity index is 583. The zero-order valence-corrected chi connectivity index (χ0v) is 14.5. The molecular weight excluding hydrogens is 355 g/mol. The molecule has 1 heterocycles. The van der Waals surface area contributed by atoms with Crippen LogP contribution in [0, 0.1) is 5.82 Å². The van der Waals surface area contributed by atoms with Crippen LogP contribution in [0.15, 0.2) is 22.7 Å². The molecule has 0 bridgehead atoms. The van der Waals surface area contributed by atoms with Crippen molar-refractivity contribution in [1.29, 1.82) is 0 Å². The Hall–Kier alpha value is -0.820. The lowest BCUT2D eigenvalue weighted by Gasteiger charge is -2.02. The normalized spacial score (nSPS) is 11.0. The van der Waals surface area contributed by atoms with Crippen molar-refractivity contribution in [3.63, 3.8) is 0 Å². The number of ether oxygens (including phenoxy) is 1. The van der Waals surface area contributed by atoms with E-state index in [1.54, 1.807) is 13.2 Å². The number of hydrogen-bond acceptors (Lipinski definition) is 4. The highest BCUT2D eigenvalue weighted by atomic mass is 79.9. The first-order chi connectivity index (χ1) is 10.2. The third kappa shape index (κ3) is 4.10. The minimum absolute atomic E-state index is 0.268. The van der Waals surface area contributed by atoms with Crippen LogP contribution in [-0.2, 0) is 17.9 Å². The highest BCUT2D eigenvalue weighted by Gasteiger charge is 2.17. The fourth-order valence-corrected chi connectivity index (χ4v) is 3.72. The predicted molar refractivity (Wildman–Crippen MR) is 87.9 cm³/mol. The molecule has 0 saturated carbocycles. The van der Waals surface area contributed by atoms with Crippen LogP contribution in [-0.4, -0.2) is 18.6 Å². The summed E-state index contributed by atoms with van der Waals surface area (Å²) in [6, 6.07) is 4.95. The van der Waals surface area contributed by atoms with Gasteiger partial charge in [0, 0.05) is 23.0 Å². The summed E-state index contributed by atoms with van der Waals surface area (Å²) < 4.78 is 20.0. The molecule has 0 aliphatic heterocycles. The summed E-state index contributed by atoms with van der Waals surface area (Å²) in [5.41, 5.74) is 1.39. The van der Waals surface area contributed by atoms with Crippen molar-refractivity contribution in [3.05, 3.63) is 39.1 Å². The Labute approximate surface area is 136 Å². The molecule has 2 rings (SSSR count). The number of halogens is 2. The maximum Gasteiger partial charge on any atom is 0.134 e. The molecule has 3 nitrogen and oxygen atoms in total. The summed E-state index contributed by atoms with van der Waals surface area (Å²) in [7, 11) is 1.64. The maximum absolute atomic E-state index is 14.1. The SMILES string of the molecule is CCCNCc1sc(-c2c(F)cccc2Br)nc1COC. The molecule has 0 spiro atoms. The van der Waals surface area contributed by atoms with Gasteiger partial charge in [0.15, 0.2) is 0 Å². The fourth-order valence-electron chi connectivity index (χ4n) is 1.96. The van der Waals surface area contributed by atoms with E-state index >= 15 is 0 Å². The third-order valence-electron chi connectivity index (χ3n) is 2.95. The minimum Gasteiger partial charge on any atom is -0.378 e. The fraction of sp³-hybridized carbons (Fsp3) is 0.400. The topological polar surface area (TPSA) is 34.2 Å². The number of methoxy groups -OCH3 is 1. The van der Waals surface area contributed by atoms with E-state index in [1.807, 2.05) is 6.07 Å². The smallest absolute Gasteiger partial charge is 0.134 e. The van der Waals surface area contributed by atoms with Gasteiger partial charge in [0.25, 0.3) is 0 Å². The Morgan fingerprint density at radius 2 is 2.24 bits per heavy atom. The summed E-state index contributed by atoms with van der Waals surface area (Å²) in [6.45, 7) is 4.24. The second-order valence-corrected chi connectivity index (χ2v) is 6.53. The summed E-state index contributed by atoms with van der Waals surface area (Å²) in [6.07, 6.45) is 1.07. The van der Waals surface area contributed by atoms with Crippen molar-refractivity contribution in [1.82, 2.24) is 10.3 Å². The van der Waals surface area contributed by atoms with E-state index in [1.165, 1.54) is 17.4 Å². The molecule has 0 unspecified atom stereocenters. The van der Waals surface area contributed by atoms with Crippen LogP contribution in [0.4, 0.5) is 4.39 Å². The highest BCUT2D eigenvalue weighted by Crippen LogP contribution is 2.35. The molecule has 0 atom stereocenters. The van der Waals surface area contributed by atoms with Gasteiger partial charge in [0.1, 0.15) is 10.8 Å². The monoisotopic (exact) mass is 372 g/mol. The number of rotatable bonds is 7. The van der Waals surface area contributed by atoms with Crippen molar-refractivity contribution in [2.24, 2.45) is 0 Å². The zero-order valence-electron chi connectivity index (χ0n) is 12.1. The average molecular weight is 373 g/mol. The lowest BCUT2D eigenvalue weighted by atomic mass is 10.2. The van der Waals surface area contributed by atoms with Crippen molar-refractivity contribution >= 4 is 27.3 Å². The summed E-state index contributed by atoms with van der Waals surface area (Å²) in [4.78, 5) is 5.65. The first kappa shape index (κ1) is 16.5. The standard InChI is InChI=1S/C15H18BrFN2OS/c1-3-7-18-8-13-12(9-20-2)19-15(21-13)14-10(16)5-4-6-11(14)17/h4-6,18H,3,7-9H2,1-2H3. The van der Waals surface area contributed by atoms with E-state index < -0.39 is 0 Å². The molecule has 0 aliphatic carbocycles. The molecule has 6 heteroatoms. The molecule has 0 aliphatic rings. The number of thiazole rings is 1. The predicted octanol–water partition coefficient (Wildman–Crippen LogP) is 4.36. The van der Waals surface area contributed by atoms with E-state index in [-0.39, 0.29) is 5.82 Å². The van der Waals surface area contributed by atoms with Crippen LogP contribution in [0.3, 0.4) is 0 Å². The molecule has 1 aromatic heterocycles. The maximum atomic E-state index is 14.1. The molecule has 21 heavy (non-hydrogen) atoms. The second kappa shape index (κ2) is 7.98. The number of nitrogens with one attached hydrogen (secondary N) is 1. The van der Waals surface area contributed by atoms with Gasteiger partial charge in [-0.15, -0.1) is 11.3 Å². The molecule has 1 N–H and O–H groups in total. The van der Waals surface area contributed by atoms with E-state index in [0.717, 1.165) is 30.1 Å². The van der Waals surface area contributed by atoms with Crippen LogP contribution in [0.2, 0.25) is 0 Å². The summed E-state index contributed by atoms with van der Waals surface area (Å²) >= 11 is 4.91. The lowest BCUT2D eigenvalue weighted by molar-refractivity contribution is 0.181. The number of aromatic nitrogens is 1. The van der Waals surface area contributed by atoms with Gasteiger partial charge in [-0.1, -0.05) is 13.0 Å². The Balaban J connectivity index is 2.34. The lowest BCUT2D eigenvalue weighted by Crippen LogP contribution is -2.14. The Morgan fingerprint density at radius 3 is 2.90 bits per heavy atom. The van der Waals surface area contributed by atoms with Crippen LogP contribution in [0.1, 0.15) is 23.9 Å². The van der Waals surface area contributed by atoms with Gasteiger partial charge in [-0.3, -0.25) is 0 Å². The van der Waals surface area contributed by atoms with Crippen molar-refractivity contribution in [2.45, 2.75) is 26.5 Å². The van der Waals surface area contributed by atoms with Crippen LogP contribution in [0.25, 0.3) is 10.6 Å². The molecule has 1 aromatic carbocycles. The zero-order chi connectivity index (χ0) is 15.2. The number of benzene rings is 1. The average Bonchev–Trinajstić information content (AvgIpc) is 2.82. The summed E-state index contributed by atoms with van der Waals surface area (Å²) in [5, 5.41) is 4.03. The van der Waals surface area contributed by atoms with Gasteiger partial charge in [-0.25, -0.2) is 9.37 Å². The van der Waals surface area contributed by atoms with Gasteiger partial charge in [0.05, 0.1) is 17.9 Å². The van der Waals surface area contributed by atoms with E-state index in [4.69, 9.17) is 4.74 Å². The number of nitrogens with zero attached hydrogens (tertiary/aromatic N) is 1. The minimum atomic E-state index is -0.268. The second-order valence-electron chi connectivity index (χ2n) is 4.60. The highest BCUT2D eigenvalue weighted by molar-refractivity contribution is 9.10. The van der Waals surface area contributed by atoms with E-state index in [2.05, 4.69) is 33.2 Å². The molecular formula is C15H18BrFN2OS. The summed E-state index contributed by atoms with van der Waals surface area (Å²) in [5.74, 6) is -0.268. The molecule has 0 amide bonds. The molecule has 114 valence electrons. The first-order valence-corrected chi connectivity index (χ1v) is 8.41.